The first kappa shape index (κ1) is 22.0. The number of carbonyl (C=O) groups is 4. The van der Waals surface area contributed by atoms with Crippen LogP contribution in [0.3, 0.4) is 0 Å². The van der Waals surface area contributed by atoms with E-state index in [9.17, 15) is 19.2 Å². The van der Waals surface area contributed by atoms with Crippen LogP contribution in [-0.2, 0) is 4.79 Å². The van der Waals surface area contributed by atoms with E-state index in [1.54, 1.807) is 17.0 Å². The molecule has 3 aromatic rings. The number of benzene rings is 3. The highest BCUT2D eigenvalue weighted by Gasteiger charge is 2.33. The fourth-order valence-corrected chi connectivity index (χ4v) is 5.06. The molecule has 34 heavy (non-hydrogen) atoms. The van der Waals surface area contributed by atoms with Gasteiger partial charge in [-0.2, -0.15) is 0 Å². The number of imide groups is 1. The van der Waals surface area contributed by atoms with Gasteiger partial charge in [0.2, 0.25) is 5.91 Å². The SMILES string of the molecule is O=C(c1ccccc1)C1CCN(C(=O)CCCN2C(=O)c3cccc4cccc(c34)C2=O)CC1. The second kappa shape index (κ2) is 9.21. The number of ketones is 1. The smallest absolute Gasteiger partial charge is 0.261 e. The molecule has 2 heterocycles. The molecular formula is C28H26N2O4. The number of hydrogen-bond acceptors (Lipinski definition) is 4. The van der Waals surface area contributed by atoms with Crippen molar-refractivity contribution < 1.29 is 19.2 Å². The van der Waals surface area contributed by atoms with Crippen LogP contribution < -0.4 is 0 Å². The Hall–Kier alpha value is -3.80. The number of Topliss-reactive ketones (excluding diaryl/α,β-unsaturated/α-hetero) is 1. The summed E-state index contributed by atoms with van der Waals surface area (Å²) in [4.78, 5) is 54.4. The number of amides is 3. The van der Waals surface area contributed by atoms with Crippen LogP contribution in [0.5, 0.6) is 0 Å². The Kier molecular flexibility index (Phi) is 5.97. The minimum atomic E-state index is -0.304. The van der Waals surface area contributed by atoms with Gasteiger partial charge < -0.3 is 4.90 Å². The highest BCUT2D eigenvalue weighted by molar-refractivity contribution is 6.25. The number of nitrogens with zero attached hydrogens (tertiary/aromatic N) is 2. The zero-order chi connectivity index (χ0) is 23.7. The van der Waals surface area contributed by atoms with Gasteiger partial charge in [0.05, 0.1) is 0 Å². The minimum absolute atomic E-state index is 0.00465. The predicted molar refractivity (Wildman–Crippen MR) is 129 cm³/mol. The lowest BCUT2D eigenvalue weighted by Gasteiger charge is -2.32. The van der Waals surface area contributed by atoms with Gasteiger partial charge in [0.1, 0.15) is 0 Å². The van der Waals surface area contributed by atoms with Crippen molar-refractivity contribution in [2.45, 2.75) is 25.7 Å². The molecule has 0 bridgehead atoms. The van der Waals surface area contributed by atoms with Gasteiger partial charge in [-0.1, -0.05) is 54.6 Å². The van der Waals surface area contributed by atoms with Crippen LogP contribution in [0, 0.1) is 5.92 Å². The summed E-state index contributed by atoms with van der Waals surface area (Å²) < 4.78 is 0. The Morgan fingerprint density at radius 2 is 1.41 bits per heavy atom. The van der Waals surface area contributed by atoms with E-state index in [4.69, 9.17) is 0 Å². The summed E-state index contributed by atoms with van der Waals surface area (Å²) in [7, 11) is 0. The second-order valence-electron chi connectivity index (χ2n) is 8.96. The van der Waals surface area contributed by atoms with Gasteiger partial charge in [0.15, 0.2) is 5.78 Å². The van der Waals surface area contributed by atoms with Crippen LogP contribution in [0.15, 0.2) is 66.7 Å². The molecule has 0 spiro atoms. The highest BCUT2D eigenvalue weighted by Crippen LogP contribution is 2.30. The summed E-state index contributed by atoms with van der Waals surface area (Å²) in [5.41, 5.74) is 1.79. The molecule has 3 amide bonds. The molecule has 0 radical (unpaired) electrons. The molecule has 172 valence electrons. The summed E-state index contributed by atoms with van der Waals surface area (Å²) in [5.74, 6) is -0.517. The lowest BCUT2D eigenvalue weighted by atomic mass is 9.89. The van der Waals surface area contributed by atoms with Crippen LogP contribution >= 0.6 is 0 Å². The highest BCUT2D eigenvalue weighted by atomic mass is 16.2. The summed E-state index contributed by atoms with van der Waals surface area (Å²) in [6.07, 6.45) is 1.99. The zero-order valence-corrected chi connectivity index (χ0v) is 18.9. The van der Waals surface area contributed by atoms with E-state index in [1.807, 2.05) is 54.6 Å². The number of rotatable bonds is 6. The van der Waals surface area contributed by atoms with E-state index < -0.39 is 0 Å². The number of likely N-dealkylation sites (tertiary alicyclic amines) is 1. The Balaban J connectivity index is 1.15. The van der Waals surface area contributed by atoms with Crippen molar-refractivity contribution in [1.82, 2.24) is 9.80 Å². The maximum atomic E-state index is 13.0. The van der Waals surface area contributed by atoms with Gasteiger partial charge in [-0.3, -0.25) is 24.1 Å². The number of carbonyl (C=O) groups excluding carboxylic acids is 4. The molecule has 5 rings (SSSR count). The summed E-state index contributed by atoms with van der Waals surface area (Å²) in [5, 5.41) is 1.58. The average molecular weight is 455 g/mol. The standard InChI is InChI=1S/C28H26N2O4/c31-24(29-17-14-21(15-18-29)26(32)20-7-2-1-3-8-20)13-6-16-30-27(33)22-11-4-9-19-10-5-12-23(25(19)22)28(30)34/h1-5,7-12,21H,6,13-18H2. The molecule has 0 unspecified atom stereocenters. The van der Waals surface area contributed by atoms with E-state index in [-0.39, 0.29) is 42.4 Å². The molecular weight excluding hydrogens is 428 g/mol. The van der Waals surface area contributed by atoms with Gasteiger partial charge in [-0.05, 0) is 36.8 Å². The van der Waals surface area contributed by atoms with Gasteiger partial charge in [-0.15, -0.1) is 0 Å². The second-order valence-corrected chi connectivity index (χ2v) is 8.96. The monoisotopic (exact) mass is 454 g/mol. The third-order valence-corrected chi connectivity index (χ3v) is 6.90. The Morgan fingerprint density at radius 1 is 0.794 bits per heavy atom. The Morgan fingerprint density at radius 3 is 2.03 bits per heavy atom. The van der Waals surface area contributed by atoms with Crippen LogP contribution in [0.1, 0.15) is 56.8 Å². The lowest BCUT2D eigenvalue weighted by Crippen LogP contribution is -2.42. The van der Waals surface area contributed by atoms with Gasteiger partial charge in [0.25, 0.3) is 11.8 Å². The third-order valence-electron chi connectivity index (χ3n) is 6.90. The largest absolute Gasteiger partial charge is 0.343 e. The van der Waals surface area contributed by atoms with Crippen molar-refractivity contribution in [1.29, 1.82) is 0 Å². The zero-order valence-electron chi connectivity index (χ0n) is 18.9. The van der Waals surface area contributed by atoms with Crippen molar-refractivity contribution >= 4 is 34.3 Å². The van der Waals surface area contributed by atoms with Crippen molar-refractivity contribution in [2.75, 3.05) is 19.6 Å². The molecule has 1 fully saturated rings. The molecule has 0 atom stereocenters. The third kappa shape index (κ3) is 4.00. The predicted octanol–water partition coefficient (Wildman–Crippen LogP) is 4.34. The number of piperidine rings is 1. The molecule has 6 heteroatoms. The Bertz CT molecular complexity index is 1230. The van der Waals surface area contributed by atoms with E-state index in [0.717, 1.165) is 10.9 Å². The van der Waals surface area contributed by atoms with Crippen LogP contribution in [0.25, 0.3) is 10.8 Å². The number of hydrogen-bond donors (Lipinski definition) is 0. The fourth-order valence-electron chi connectivity index (χ4n) is 5.06. The summed E-state index contributed by atoms with van der Waals surface area (Å²) in [6.45, 7) is 1.31. The quantitative estimate of drug-likeness (QED) is 0.410. The molecule has 3 aromatic carbocycles. The normalized spacial score (nSPS) is 16.2. The summed E-state index contributed by atoms with van der Waals surface area (Å²) in [6, 6.07) is 20.2. The van der Waals surface area contributed by atoms with E-state index in [1.165, 1.54) is 4.90 Å². The fraction of sp³-hybridized carbons (Fsp3) is 0.286. The van der Waals surface area contributed by atoms with E-state index in [0.29, 0.717) is 48.9 Å². The molecule has 2 aliphatic rings. The van der Waals surface area contributed by atoms with Crippen LogP contribution in [-0.4, -0.2) is 52.9 Å². The first-order chi connectivity index (χ1) is 16.5. The molecule has 0 aliphatic carbocycles. The molecule has 1 saturated heterocycles. The van der Waals surface area contributed by atoms with Crippen molar-refractivity contribution in [2.24, 2.45) is 5.92 Å². The molecule has 0 saturated carbocycles. The summed E-state index contributed by atoms with van der Waals surface area (Å²) >= 11 is 0. The Labute approximate surface area is 198 Å². The molecule has 6 nitrogen and oxygen atoms in total. The van der Waals surface area contributed by atoms with Gasteiger partial charge in [-0.25, -0.2) is 0 Å². The molecule has 0 N–H and O–H groups in total. The maximum absolute atomic E-state index is 13.0. The maximum Gasteiger partial charge on any atom is 0.261 e. The van der Waals surface area contributed by atoms with E-state index >= 15 is 0 Å². The topological polar surface area (TPSA) is 74.8 Å². The molecule has 0 aromatic heterocycles. The minimum Gasteiger partial charge on any atom is -0.343 e. The average Bonchev–Trinajstić information content (AvgIpc) is 2.89. The van der Waals surface area contributed by atoms with Gasteiger partial charge >= 0.3 is 0 Å². The first-order valence-corrected chi connectivity index (χ1v) is 11.8. The van der Waals surface area contributed by atoms with Crippen molar-refractivity contribution in [3.05, 3.63) is 83.4 Å². The van der Waals surface area contributed by atoms with Crippen molar-refractivity contribution in [3.63, 3.8) is 0 Å². The first-order valence-electron chi connectivity index (χ1n) is 11.8. The van der Waals surface area contributed by atoms with Crippen LogP contribution in [0.2, 0.25) is 0 Å². The lowest BCUT2D eigenvalue weighted by molar-refractivity contribution is -0.132. The van der Waals surface area contributed by atoms with E-state index in [2.05, 4.69) is 0 Å². The van der Waals surface area contributed by atoms with Gasteiger partial charge in [0, 0.05) is 54.0 Å². The van der Waals surface area contributed by atoms with Crippen molar-refractivity contribution in [3.8, 4) is 0 Å². The molecule has 2 aliphatic heterocycles. The van der Waals surface area contributed by atoms with Crippen LogP contribution in [0.4, 0.5) is 0 Å².